The van der Waals surface area contributed by atoms with Crippen LogP contribution >= 0.6 is 0 Å². The van der Waals surface area contributed by atoms with Gasteiger partial charge in [-0.15, -0.1) is 0 Å². The minimum Gasteiger partial charge on any atom is -0.496 e. The maximum Gasteiger partial charge on any atom is 0.135 e. The smallest absolute Gasteiger partial charge is 0.135 e. The Hall–Kier alpha value is -4.32. The molecule has 0 amide bonds. The molecule has 6 heteroatoms. The third kappa shape index (κ3) is 5.61. The molecule has 0 fully saturated rings. The molecule has 35 heavy (non-hydrogen) atoms. The summed E-state index contributed by atoms with van der Waals surface area (Å²) in [6.07, 6.45) is 7.18. The first-order valence-corrected chi connectivity index (χ1v) is 11.4. The highest BCUT2D eigenvalue weighted by Gasteiger charge is 2.09. The Labute approximate surface area is 205 Å². The Morgan fingerprint density at radius 1 is 0.971 bits per heavy atom. The molecule has 0 unspecified atom stereocenters. The summed E-state index contributed by atoms with van der Waals surface area (Å²) in [5, 5.41) is 5.15. The fourth-order valence-electron chi connectivity index (χ4n) is 3.90. The summed E-state index contributed by atoms with van der Waals surface area (Å²) >= 11 is 0. The third-order valence-corrected chi connectivity index (χ3v) is 5.63. The van der Waals surface area contributed by atoms with Crippen LogP contribution < -0.4 is 20.5 Å². The standard InChI is InChI=1S/C29H29N5O/c1-6-30-29(26-18-33-27(13-19(26)2)24-10-12-32-21(4)15-24)34-17-22-7-8-25(28(16-22)35-5)23-9-11-31-20(3)14-23/h6-16,18,34H,2,17H2,1,3-5H3/b29-26+,30-6-. The van der Waals surface area contributed by atoms with Crippen molar-refractivity contribution in [2.75, 3.05) is 7.11 Å². The average Bonchev–Trinajstić information content (AvgIpc) is 2.86. The van der Waals surface area contributed by atoms with Crippen LogP contribution in [0.2, 0.25) is 0 Å². The molecular formula is C29H29N5O. The van der Waals surface area contributed by atoms with Crippen molar-refractivity contribution in [3.63, 3.8) is 0 Å². The number of nitrogens with one attached hydrogen (secondary N) is 1. The zero-order chi connectivity index (χ0) is 24.8. The van der Waals surface area contributed by atoms with E-state index < -0.39 is 0 Å². The largest absolute Gasteiger partial charge is 0.496 e. The molecule has 0 aliphatic heterocycles. The Morgan fingerprint density at radius 2 is 1.69 bits per heavy atom. The first kappa shape index (κ1) is 23.8. The van der Waals surface area contributed by atoms with E-state index in [-0.39, 0.29) is 0 Å². The van der Waals surface area contributed by atoms with E-state index in [4.69, 9.17) is 4.74 Å². The lowest BCUT2D eigenvalue weighted by molar-refractivity contribution is 0.416. The van der Waals surface area contributed by atoms with Gasteiger partial charge >= 0.3 is 0 Å². The molecule has 1 N–H and O–H groups in total. The summed E-state index contributed by atoms with van der Waals surface area (Å²) in [6, 6.07) is 16.2. The molecule has 0 aliphatic carbocycles. The molecule has 6 nitrogen and oxygen atoms in total. The van der Waals surface area contributed by atoms with E-state index in [0.29, 0.717) is 6.54 Å². The van der Waals surface area contributed by atoms with Crippen LogP contribution in [0.15, 0.2) is 72.1 Å². The van der Waals surface area contributed by atoms with E-state index in [9.17, 15) is 0 Å². The van der Waals surface area contributed by atoms with Gasteiger partial charge in [0.05, 0.1) is 12.8 Å². The Kier molecular flexibility index (Phi) is 7.31. The molecule has 3 heterocycles. The summed E-state index contributed by atoms with van der Waals surface area (Å²) in [5.41, 5.74) is 6.97. The van der Waals surface area contributed by atoms with Gasteiger partial charge in [-0.1, -0.05) is 18.7 Å². The average molecular weight is 464 g/mol. The van der Waals surface area contributed by atoms with Crippen LogP contribution in [-0.2, 0) is 6.54 Å². The second-order valence-corrected chi connectivity index (χ2v) is 8.22. The molecule has 0 saturated carbocycles. The number of aromatic nitrogens is 3. The van der Waals surface area contributed by atoms with Crippen molar-refractivity contribution in [1.82, 2.24) is 20.3 Å². The van der Waals surface area contributed by atoms with Gasteiger partial charge in [0.2, 0.25) is 0 Å². The van der Waals surface area contributed by atoms with E-state index in [0.717, 1.165) is 61.3 Å². The molecule has 0 atom stereocenters. The summed E-state index contributed by atoms with van der Waals surface area (Å²) in [5.74, 6) is 1.53. The molecular weight excluding hydrogens is 434 g/mol. The maximum atomic E-state index is 5.69. The number of nitrogens with zero attached hydrogens (tertiary/aromatic N) is 4. The van der Waals surface area contributed by atoms with Gasteiger partial charge in [0.1, 0.15) is 11.6 Å². The highest BCUT2D eigenvalue weighted by atomic mass is 16.5. The zero-order valence-electron chi connectivity index (χ0n) is 20.5. The fraction of sp³-hybridized carbons (Fsp3) is 0.172. The van der Waals surface area contributed by atoms with Crippen LogP contribution in [0.4, 0.5) is 0 Å². The van der Waals surface area contributed by atoms with E-state index in [2.05, 4.69) is 50.0 Å². The number of rotatable bonds is 7. The van der Waals surface area contributed by atoms with Crippen LogP contribution in [0.25, 0.3) is 34.8 Å². The van der Waals surface area contributed by atoms with Gasteiger partial charge in [0.15, 0.2) is 0 Å². The molecule has 176 valence electrons. The molecule has 0 spiro atoms. The third-order valence-electron chi connectivity index (χ3n) is 5.63. The highest BCUT2D eigenvalue weighted by molar-refractivity contribution is 5.71. The number of methoxy groups -OCH3 is 1. The van der Waals surface area contributed by atoms with E-state index in [1.807, 2.05) is 63.5 Å². The molecule has 1 aromatic carbocycles. The van der Waals surface area contributed by atoms with Gasteiger partial charge < -0.3 is 10.1 Å². The van der Waals surface area contributed by atoms with Crippen molar-refractivity contribution < 1.29 is 4.74 Å². The predicted molar refractivity (Wildman–Crippen MR) is 142 cm³/mol. The second-order valence-electron chi connectivity index (χ2n) is 8.22. The van der Waals surface area contributed by atoms with Crippen molar-refractivity contribution in [3.8, 4) is 28.1 Å². The Morgan fingerprint density at radius 3 is 2.34 bits per heavy atom. The summed E-state index contributed by atoms with van der Waals surface area (Å²) < 4.78 is 5.69. The van der Waals surface area contributed by atoms with Crippen LogP contribution in [0, 0.1) is 13.8 Å². The topological polar surface area (TPSA) is 72.3 Å². The van der Waals surface area contributed by atoms with Crippen molar-refractivity contribution in [2.45, 2.75) is 27.3 Å². The number of aryl methyl sites for hydroxylation is 2. The molecule has 0 bridgehead atoms. The first-order chi connectivity index (χ1) is 17.0. The van der Waals surface area contributed by atoms with Crippen molar-refractivity contribution in [1.29, 1.82) is 0 Å². The Balaban J connectivity index is 1.62. The SMILES string of the molecule is C=c1cc(-c2ccnc(C)c2)nc/c1=C(/N=C\C)NCc1ccc(-c2ccnc(C)c2)c(OC)c1. The predicted octanol–water partition coefficient (Wildman–Crippen LogP) is 4.19. The van der Waals surface area contributed by atoms with Gasteiger partial charge in [-0.05, 0) is 73.5 Å². The number of aliphatic imine (C=N–C) groups is 1. The maximum absolute atomic E-state index is 5.69. The van der Waals surface area contributed by atoms with E-state index in [1.54, 1.807) is 19.5 Å². The minimum atomic E-state index is 0.573. The van der Waals surface area contributed by atoms with Gasteiger partial charge in [-0.2, -0.15) is 0 Å². The number of hydrogen-bond donors (Lipinski definition) is 1. The minimum absolute atomic E-state index is 0.573. The van der Waals surface area contributed by atoms with Gasteiger partial charge in [-0.25, -0.2) is 4.99 Å². The van der Waals surface area contributed by atoms with Gasteiger partial charge in [0.25, 0.3) is 0 Å². The number of ether oxygens (including phenoxy) is 1. The van der Waals surface area contributed by atoms with Crippen LogP contribution in [0.5, 0.6) is 5.75 Å². The van der Waals surface area contributed by atoms with E-state index >= 15 is 0 Å². The van der Waals surface area contributed by atoms with Crippen LogP contribution in [0.3, 0.4) is 0 Å². The zero-order valence-corrected chi connectivity index (χ0v) is 20.5. The van der Waals surface area contributed by atoms with Crippen LogP contribution in [-0.4, -0.2) is 28.3 Å². The number of benzene rings is 1. The second kappa shape index (κ2) is 10.7. The lowest BCUT2D eigenvalue weighted by Crippen LogP contribution is -2.31. The highest BCUT2D eigenvalue weighted by Crippen LogP contribution is 2.31. The van der Waals surface area contributed by atoms with Crippen molar-refractivity contribution in [2.24, 2.45) is 4.99 Å². The molecule has 0 aliphatic rings. The number of pyridine rings is 3. The fourth-order valence-corrected chi connectivity index (χ4v) is 3.90. The monoisotopic (exact) mass is 463 g/mol. The summed E-state index contributed by atoms with van der Waals surface area (Å²) in [6.45, 7) is 10.7. The van der Waals surface area contributed by atoms with Crippen molar-refractivity contribution >= 4 is 18.6 Å². The molecule has 0 saturated heterocycles. The Bertz CT molecular complexity index is 1490. The quantitative estimate of drug-likeness (QED) is 0.416. The van der Waals surface area contributed by atoms with E-state index in [1.165, 1.54) is 0 Å². The normalized spacial score (nSPS) is 12.0. The van der Waals surface area contributed by atoms with Crippen molar-refractivity contribution in [3.05, 3.63) is 94.5 Å². The summed E-state index contributed by atoms with van der Waals surface area (Å²) in [4.78, 5) is 17.8. The molecule has 0 radical (unpaired) electrons. The lowest BCUT2D eigenvalue weighted by atomic mass is 10.0. The number of hydrogen-bond acceptors (Lipinski definition) is 6. The molecule has 4 aromatic rings. The molecule has 3 aromatic heterocycles. The lowest BCUT2D eigenvalue weighted by Gasteiger charge is -2.13. The summed E-state index contributed by atoms with van der Waals surface area (Å²) in [7, 11) is 1.69. The van der Waals surface area contributed by atoms with Crippen LogP contribution in [0.1, 0.15) is 23.9 Å². The van der Waals surface area contributed by atoms with Gasteiger partial charge in [-0.3, -0.25) is 15.0 Å². The van der Waals surface area contributed by atoms with Gasteiger partial charge in [0, 0.05) is 59.1 Å². The first-order valence-electron chi connectivity index (χ1n) is 11.4. The molecule has 4 rings (SSSR count).